The maximum atomic E-state index is 10.8. The third-order valence-electron chi connectivity index (χ3n) is 0.920. The minimum atomic E-state index is -1.15. The molecular weight excluding hydrogens is 144 g/mol. The van der Waals surface area contributed by atoms with Gasteiger partial charge in [0.25, 0.3) is 5.97 Å². The van der Waals surface area contributed by atoms with Crippen LogP contribution >= 0.6 is 0 Å². The summed E-state index contributed by atoms with van der Waals surface area (Å²) in [5.74, 6) is -0.0819. The van der Waals surface area contributed by atoms with Gasteiger partial charge in [-0.2, -0.15) is 0 Å². The van der Waals surface area contributed by atoms with Crippen LogP contribution in [0.15, 0.2) is 12.7 Å². The van der Waals surface area contributed by atoms with Crippen molar-refractivity contribution in [3.05, 3.63) is 12.7 Å². The van der Waals surface area contributed by atoms with Crippen LogP contribution in [-0.4, -0.2) is 15.0 Å². The highest BCUT2D eigenvalue weighted by atomic mass is 28.3. The number of carbonyl (C=O) groups excluding carboxylic acids is 1. The minimum Gasteiger partial charge on any atom is -0.523 e. The van der Waals surface area contributed by atoms with Gasteiger partial charge in [-0.15, -0.1) is 6.58 Å². The van der Waals surface area contributed by atoms with Crippen LogP contribution < -0.4 is 0 Å². The van der Waals surface area contributed by atoms with Gasteiger partial charge in [-0.3, -0.25) is 4.79 Å². The molecule has 58 valence electrons. The smallest absolute Gasteiger partial charge is 0.292 e. The van der Waals surface area contributed by atoms with Crippen LogP contribution in [0.3, 0.4) is 0 Å². The van der Waals surface area contributed by atoms with Crippen molar-refractivity contribution < 1.29 is 9.22 Å². The van der Waals surface area contributed by atoms with Gasteiger partial charge in [-0.25, -0.2) is 0 Å². The fourth-order valence-electron chi connectivity index (χ4n) is 0.542. The van der Waals surface area contributed by atoms with Crippen LogP contribution in [0.4, 0.5) is 0 Å². The standard InChI is InChI=1S/C7H14O2Si/c1-4-5-6-7(8)9-10(2)3/h4,10H,1,5-6H2,2-3H3. The number of hydrogen-bond acceptors (Lipinski definition) is 2. The molecule has 0 aromatic heterocycles. The molecule has 0 aliphatic heterocycles. The molecule has 0 fully saturated rings. The molecular formula is C7H14O2Si. The molecule has 0 unspecified atom stereocenters. The molecule has 0 bridgehead atoms. The molecule has 0 N–H and O–H groups in total. The fourth-order valence-corrected chi connectivity index (χ4v) is 1.19. The quantitative estimate of drug-likeness (QED) is 0.457. The average Bonchev–Trinajstić information content (AvgIpc) is 1.82. The summed E-state index contributed by atoms with van der Waals surface area (Å²) in [6.07, 6.45) is 2.93. The van der Waals surface area contributed by atoms with Crippen molar-refractivity contribution in [2.24, 2.45) is 0 Å². The van der Waals surface area contributed by atoms with Crippen molar-refractivity contribution in [3.63, 3.8) is 0 Å². The second kappa shape index (κ2) is 5.23. The van der Waals surface area contributed by atoms with E-state index in [-0.39, 0.29) is 5.97 Å². The topological polar surface area (TPSA) is 26.3 Å². The van der Waals surface area contributed by atoms with E-state index in [9.17, 15) is 4.79 Å². The third kappa shape index (κ3) is 5.56. The molecule has 0 aromatic carbocycles. The zero-order valence-corrected chi connectivity index (χ0v) is 7.75. The van der Waals surface area contributed by atoms with Gasteiger partial charge in [0.1, 0.15) is 0 Å². The molecule has 0 aromatic rings. The Morgan fingerprint density at radius 3 is 2.70 bits per heavy atom. The largest absolute Gasteiger partial charge is 0.523 e. The van der Waals surface area contributed by atoms with Crippen LogP contribution in [0.2, 0.25) is 13.1 Å². The highest BCUT2D eigenvalue weighted by Crippen LogP contribution is 1.94. The van der Waals surface area contributed by atoms with E-state index in [4.69, 9.17) is 4.43 Å². The first-order chi connectivity index (χ1) is 4.66. The van der Waals surface area contributed by atoms with E-state index in [1.54, 1.807) is 6.08 Å². The maximum Gasteiger partial charge on any atom is 0.292 e. The van der Waals surface area contributed by atoms with Crippen LogP contribution in [-0.2, 0) is 9.22 Å². The van der Waals surface area contributed by atoms with Crippen molar-refractivity contribution in [1.29, 1.82) is 0 Å². The van der Waals surface area contributed by atoms with E-state index in [1.165, 1.54) is 0 Å². The predicted molar refractivity (Wildman–Crippen MR) is 44.4 cm³/mol. The van der Waals surface area contributed by atoms with E-state index in [1.807, 2.05) is 13.1 Å². The van der Waals surface area contributed by atoms with Crippen molar-refractivity contribution >= 4 is 15.0 Å². The second-order valence-electron chi connectivity index (χ2n) is 2.37. The highest BCUT2D eigenvalue weighted by molar-refractivity contribution is 6.50. The lowest BCUT2D eigenvalue weighted by atomic mass is 10.3. The number of rotatable bonds is 4. The second-order valence-corrected chi connectivity index (χ2v) is 4.70. The zero-order chi connectivity index (χ0) is 7.98. The first-order valence-electron chi connectivity index (χ1n) is 3.47. The number of allylic oxidation sites excluding steroid dienone is 1. The molecule has 0 heterocycles. The lowest BCUT2D eigenvalue weighted by Gasteiger charge is -2.05. The summed E-state index contributed by atoms with van der Waals surface area (Å²) in [5, 5.41) is 0. The maximum absolute atomic E-state index is 10.8. The highest BCUT2D eigenvalue weighted by Gasteiger charge is 2.03. The Morgan fingerprint density at radius 2 is 2.30 bits per heavy atom. The summed E-state index contributed by atoms with van der Waals surface area (Å²) in [6.45, 7) is 7.47. The van der Waals surface area contributed by atoms with E-state index >= 15 is 0 Å². The van der Waals surface area contributed by atoms with Crippen LogP contribution in [0.25, 0.3) is 0 Å². The molecule has 2 nitrogen and oxygen atoms in total. The van der Waals surface area contributed by atoms with Gasteiger partial charge in [0.2, 0.25) is 9.04 Å². The molecule has 0 spiro atoms. The Kier molecular flexibility index (Phi) is 4.93. The van der Waals surface area contributed by atoms with Gasteiger partial charge in [0, 0.05) is 6.42 Å². The van der Waals surface area contributed by atoms with Gasteiger partial charge in [0.05, 0.1) is 0 Å². The molecule has 0 radical (unpaired) electrons. The van der Waals surface area contributed by atoms with Gasteiger partial charge in [-0.1, -0.05) is 6.08 Å². The van der Waals surface area contributed by atoms with Crippen LogP contribution in [0, 0.1) is 0 Å². The Bertz CT molecular complexity index is 121. The molecule has 0 saturated carbocycles. The fraction of sp³-hybridized carbons (Fsp3) is 0.571. The lowest BCUT2D eigenvalue weighted by Crippen LogP contribution is -2.14. The Morgan fingerprint density at radius 1 is 1.70 bits per heavy atom. The summed E-state index contributed by atoms with van der Waals surface area (Å²) >= 11 is 0. The Hall–Kier alpha value is -0.573. The van der Waals surface area contributed by atoms with E-state index in [0.717, 1.165) is 6.42 Å². The summed E-state index contributed by atoms with van der Waals surface area (Å²) in [4.78, 5) is 10.8. The van der Waals surface area contributed by atoms with E-state index in [0.29, 0.717) is 6.42 Å². The monoisotopic (exact) mass is 158 g/mol. The normalized spacial score (nSPS) is 9.50. The van der Waals surface area contributed by atoms with Gasteiger partial charge >= 0.3 is 0 Å². The van der Waals surface area contributed by atoms with Gasteiger partial charge < -0.3 is 4.43 Å². The lowest BCUT2D eigenvalue weighted by molar-refractivity contribution is -0.134. The molecule has 0 aliphatic rings. The molecule has 0 aliphatic carbocycles. The van der Waals surface area contributed by atoms with Crippen molar-refractivity contribution in [2.75, 3.05) is 0 Å². The molecule has 0 saturated heterocycles. The van der Waals surface area contributed by atoms with Crippen molar-refractivity contribution in [3.8, 4) is 0 Å². The predicted octanol–water partition coefficient (Wildman–Crippen LogP) is 1.48. The molecule has 10 heavy (non-hydrogen) atoms. The molecule has 3 heteroatoms. The summed E-state index contributed by atoms with van der Waals surface area (Å²) in [6, 6.07) is 0. The SMILES string of the molecule is C=CCCC(=O)O[SiH](C)C. The Balaban J connectivity index is 3.34. The Labute approximate surface area is 63.6 Å². The molecule has 0 amide bonds. The average molecular weight is 158 g/mol. The van der Waals surface area contributed by atoms with Crippen molar-refractivity contribution in [2.45, 2.75) is 25.9 Å². The van der Waals surface area contributed by atoms with Crippen LogP contribution in [0.1, 0.15) is 12.8 Å². The van der Waals surface area contributed by atoms with Gasteiger partial charge in [-0.05, 0) is 19.5 Å². The zero-order valence-electron chi connectivity index (χ0n) is 6.59. The summed E-state index contributed by atoms with van der Waals surface area (Å²) in [7, 11) is -1.15. The summed E-state index contributed by atoms with van der Waals surface area (Å²) < 4.78 is 5.00. The molecule has 0 rings (SSSR count). The number of hydrogen-bond donors (Lipinski definition) is 0. The van der Waals surface area contributed by atoms with E-state index < -0.39 is 9.04 Å². The number of carbonyl (C=O) groups is 1. The van der Waals surface area contributed by atoms with Crippen LogP contribution in [0.5, 0.6) is 0 Å². The first kappa shape index (κ1) is 9.43. The van der Waals surface area contributed by atoms with Crippen molar-refractivity contribution in [1.82, 2.24) is 0 Å². The minimum absolute atomic E-state index is 0.0819. The summed E-state index contributed by atoms with van der Waals surface area (Å²) in [5.41, 5.74) is 0. The first-order valence-corrected chi connectivity index (χ1v) is 6.25. The van der Waals surface area contributed by atoms with Gasteiger partial charge in [0.15, 0.2) is 0 Å². The molecule has 0 atom stereocenters. The van der Waals surface area contributed by atoms with E-state index in [2.05, 4.69) is 6.58 Å². The third-order valence-corrected chi connectivity index (χ3v) is 1.65.